The summed E-state index contributed by atoms with van der Waals surface area (Å²) >= 11 is 0. The third-order valence-electron chi connectivity index (χ3n) is 3.88. The highest BCUT2D eigenvalue weighted by Gasteiger charge is 2.15. The van der Waals surface area contributed by atoms with Gasteiger partial charge in [0.05, 0.1) is 0 Å². The Kier molecular flexibility index (Phi) is 3.35. The van der Waals surface area contributed by atoms with E-state index in [4.69, 9.17) is 4.52 Å². The number of H-pyrrole nitrogens is 1. The molecule has 0 saturated heterocycles. The summed E-state index contributed by atoms with van der Waals surface area (Å²) in [7, 11) is 1.96. The summed E-state index contributed by atoms with van der Waals surface area (Å²) in [6.07, 6.45) is 1.57. The molecule has 24 heavy (non-hydrogen) atoms. The van der Waals surface area contributed by atoms with Crippen LogP contribution in [0, 0.1) is 0 Å². The number of rotatable bonds is 3. The maximum atomic E-state index is 11.1. The number of nitrogens with zero attached hydrogens (tertiary/aromatic N) is 3. The molecule has 3 heterocycles. The van der Waals surface area contributed by atoms with Crippen molar-refractivity contribution in [2.24, 2.45) is 7.05 Å². The fourth-order valence-corrected chi connectivity index (χ4v) is 2.62. The lowest BCUT2D eigenvalue weighted by Gasteiger charge is -2.05. The maximum Gasteiger partial charge on any atom is 0.274 e. The van der Waals surface area contributed by atoms with Gasteiger partial charge in [0.25, 0.3) is 5.89 Å². The highest BCUT2D eigenvalue weighted by molar-refractivity contribution is 5.66. The van der Waals surface area contributed by atoms with Gasteiger partial charge in [-0.2, -0.15) is 4.98 Å². The summed E-state index contributed by atoms with van der Waals surface area (Å²) in [6.45, 7) is 0. The van der Waals surface area contributed by atoms with E-state index in [-0.39, 0.29) is 5.56 Å². The van der Waals surface area contributed by atoms with E-state index in [9.17, 15) is 4.79 Å². The van der Waals surface area contributed by atoms with Gasteiger partial charge in [-0.3, -0.25) is 4.79 Å². The van der Waals surface area contributed by atoms with Crippen LogP contribution in [-0.2, 0) is 7.05 Å². The molecule has 6 heteroatoms. The van der Waals surface area contributed by atoms with Crippen LogP contribution in [0.3, 0.4) is 0 Å². The molecule has 118 valence electrons. The highest BCUT2D eigenvalue weighted by Crippen LogP contribution is 2.27. The molecular formula is C18H14N4O2. The van der Waals surface area contributed by atoms with E-state index in [1.165, 1.54) is 6.07 Å². The monoisotopic (exact) mass is 318 g/mol. The van der Waals surface area contributed by atoms with Gasteiger partial charge in [-0.25, -0.2) is 0 Å². The maximum absolute atomic E-state index is 11.1. The second kappa shape index (κ2) is 5.66. The van der Waals surface area contributed by atoms with E-state index in [1.807, 2.05) is 41.9 Å². The van der Waals surface area contributed by atoms with Gasteiger partial charge in [0.15, 0.2) is 0 Å². The average molecular weight is 318 g/mol. The topological polar surface area (TPSA) is 76.7 Å². The first-order chi connectivity index (χ1) is 11.7. The van der Waals surface area contributed by atoms with Crippen molar-refractivity contribution in [2.45, 2.75) is 0 Å². The van der Waals surface area contributed by atoms with Gasteiger partial charge in [0.1, 0.15) is 5.69 Å². The van der Waals surface area contributed by atoms with Crippen molar-refractivity contribution in [3.63, 3.8) is 0 Å². The number of nitrogens with one attached hydrogen (secondary N) is 1. The molecule has 0 aliphatic rings. The zero-order chi connectivity index (χ0) is 16.5. The zero-order valence-corrected chi connectivity index (χ0v) is 12.9. The summed E-state index contributed by atoms with van der Waals surface area (Å²) in [4.78, 5) is 18.2. The standard InChI is InChI=1S/C18H14N4O2/c1-22-14(12-5-3-2-4-6-12)8-9-15(22)18-20-17(21-24-18)13-7-10-16(23)19-11-13/h2-11H,1H3,(H,19,23). The van der Waals surface area contributed by atoms with Crippen molar-refractivity contribution in [2.75, 3.05) is 0 Å². The third-order valence-corrected chi connectivity index (χ3v) is 3.88. The van der Waals surface area contributed by atoms with Gasteiger partial charge in [0, 0.05) is 30.6 Å². The molecular weight excluding hydrogens is 304 g/mol. The van der Waals surface area contributed by atoms with E-state index in [0.717, 1.165) is 17.0 Å². The van der Waals surface area contributed by atoms with E-state index >= 15 is 0 Å². The molecule has 6 nitrogen and oxygen atoms in total. The second-order valence-electron chi connectivity index (χ2n) is 5.39. The first-order valence-corrected chi connectivity index (χ1v) is 7.47. The van der Waals surface area contributed by atoms with Crippen molar-refractivity contribution in [1.29, 1.82) is 0 Å². The largest absolute Gasteiger partial charge is 0.340 e. The van der Waals surface area contributed by atoms with Crippen molar-refractivity contribution in [3.05, 3.63) is 71.1 Å². The lowest BCUT2D eigenvalue weighted by Crippen LogP contribution is -2.01. The molecule has 0 spiro atoms. The van der Waals surface area contributed by atoms with E-state index < -0.39 is 0 Å². The Bertz CT molecular complexity index is 1020. The first kappa shape index (κ1) is 14.2. The third kappa shape index (κ3) is 2.44. The fourth-order valence-electron chi connectivity index (χ4n) is 2.62. The highest BCUT2D eigenvalue weighted by atomic mass is 16.5. The molecule has 0 unspecified atom stereocenters. The second-order valence-corrected chi connectivity index (χ2v) is 5.39. The Balaban J connectivity index is 1.72. The molecule has 0 amide bonds. The Morgan fingerprint density at radius 3 is 2.50 bits per heavy atom. The molecule has 3 aromatic heterocycles. The van der Waals surface area contributed by atoms with Gasteiger partial charge in [0.2, 0.25) is 11.4 Å². The lowest BCUT2D eigenvalue weighted by molar-refractivity contribution is 0.429. The molecule has 0 aliphatic heterocycles. The SMILES string of the molecule is Cn1c(-c2ccccc2)ccc1-c1nc(-c2ccc(=O)[nH]c2)no1. The summed E-state index contributed by atoms with van der Waals surface area (Å²) in [5.41, 5.74) is 3.54. The quantitative estimate of drug-likeness (QED) is 0.630. The number of benzene rings is 1. The molecule has 0 fully saturated rings. The number of hydrogen-bond acceptors (Lipinski definition) is 4. The summed E-state index contributed by atoms with van der Waals surface area (Å²) in [5, 5.41) is 3.99. The van der Waals surface area contributed by atoms with Gasteiger partial charge in [-0.1, -0.05) is 35.5 Å². The summed E-state index contributed by atoms with van der Waals surface area (Å²) in [5.74, 6) is 0.865. The predicted octanol–water partition coefficient (Wildman–Crippen LogP) is 3.10. The fraction of sp³-hybridized carbons (Fsp3) is 0.0556. The Labute approximate surface area is 137 Å². The molecule has 0 atom stereocenters. The first-order valence-electron chi connectivity index (χ1n) is 7.47. The van der Waals surface area contributed by atoms with E-state index in [1.54, 1.807) is 12.3 Å². The lowest BCUT2D eigenvalue weighted by atomic mass is 10.2. The summed E-state index contributed by atoms with van der Waals surface area (Å²) in [6, 6.07) is 17.2. The van der Waals surface area contributed by atoms with Crippen LogP contribution in [-0.4, -0.2) is 19.7 Å². The van der Waals surface area contributed by atoms with Crippen LogP contribution >= 0.6 is 0 Å². The minimum absolute atomic E-state index is 0.169. The number of hydrogen-bond donors (Lipinski definition) is 1. The molecule has 0 saturated carbocycles. The Morgan fingerprint density at radius 2 is 1.75 bits per heavy atom. The van der Waals surface area contributed by atoms with Crippen LogP contribution in [0.1, 0.15) is 0 Å². The Hall–Kier alpha value is -3.41. The normalized spacial score (nSPS) is 10.9. The van der Waals surface area contributed by atoms with E-state index in [0.29, 0.717) is 17.3 Å². The molecule has 4 rings (SSSR count). The molecule has 0 radical (unpaired) electrons. The number of aromatic nitrogens is 4. The van der Waals surface area contributed by atoms with Gasteiger partial charge < -0.3 is 14.1 Å². The molecule has 0 bridgehead atoms. The van der Waals surface area contributed by atoms with Crippen LogP contribution in [0.4, 0.5) is 0 Å². The van der Waals surface area contributed by atoms with Crippen molar-refractivity contribution in [1.82, 2.24) is 19.7 Å². The molecule has 1 aromatic carbocycles. The molecule has 4 aromatic rings. The van der Waals surface area contributed by atoms with Gasteiger partial charge in [-0.05, 0) is 23.8 Å². The zero-order valence-electron chi connectivity index (χ0n) is 12.9. The van der Waals surface area contributed by atoms with E-state index in [2.05, 4.69) is 27.3 Å². The smallest absolute Gasteiger partial charge is 0.274 e. The van der Waals surface area contributed by atoms with Crippen LogP contribution in [0.2, 0.25) is 0 Å². The van der Waals surface area contributed by atoms with Gasteiger partial charge in [-0.15, -0.1) is 0 Å². The number of pyridine rings is 1. The van der Waals surface area contributed by atoms with Crippen molar-refractivity contribution < 1.29 is 4.52 Å². The van der Waals surface area contributed by atoms with Crippen LogP contribution in [0.25, 0.3) is 34.2 Å². The van der Waals surface area contributed by atoms with Crippen molar-refractivity contribution >= 4 is 0 Å². The van der Waals surface area contributed by atoms with Gasteiger partial charge >= 0.3 is 0 Å². The minimum atomic E-state index is -0.169. The average Bonchev–Trinajstić information content (AvgIpc) is 3.23. The molecule has 0 aliphatic carbocycles. The minimum Gasteiger partial charge on any atom is -0.340 e. The van der Waals surface area contributed by atoms with Crippen LogP contribution < -0.4 is 5.56 Å². The summed E-state index contributed by atoms with van der Waals surface area (Å²) < 4.78 is 7.40. The van der Waals surface area contributed by atoms with Crippen LogP contribution in [0.5, 0.6) is 0 Å². The van der Waals surface area contributed by atoms with Crippen molar-refractivity contribution in [3.8, 4) is 34.2 Å². The number of aromatic amines is 1. The van der Waals surface area contributed by atoms with Crippen LogP contribution in [0.15, 0.2) is 70.1 Å². The predicted molar refractivity (Wildman–Crippen MR) is 90.2 cm³/mol. The molecule has 1 N–H and O–H groups in total. The Morgan fingerprint density at radius 1 is 0.958 bits per heavy atom.